The zero-order valence-corrected chi connectivity index (χ0v) is 11.8. The quantitative estimate of drug-likeness (QED) is 0.909. The minimum Gasteiger partial charge on any atom is -0.492 e. The number of aromatic nitrogens is 1. The molecule has 0 saturated carbocycles. The maximum absolute atomic E-state index is 14.1. The lowest BCUT2D eigenvalue weighted by atomic mass is 9.98. The van der Waals surface area contributed by atoms with E-state index in [4.69, 9.17) is 10.5 Å². The fraction of sp³-hybridized carbons (Fsp3) is 0.312. The highest BCUT2D eigenvalue weighted by Gasteiger charge is 2.15. The van der Waals surface area contributed by atoms with Crippen LogP contribution in [0, 0.1) is 12.7 Å². The molecule has 2 rings (SSSR count). The lowest BCUT2D eigenvalue weighted by molar-refractivity contribution is 0.315. The number of nitrogens with zero attached hydrogens (tertiary/aromatic N) is 1. The van der Waals surface area contributed by atoms with E-state index in [1.54, 1.807) is 37.5 Å². The summed E-state index contributed by atoms with van der Waals surface area (Å²) in [7, 11) is 0. The molecule has 1 atom stereocenters. The maximum atomic E-state index is 14.1. The zero-order valence-electron chi connectivity index (χ0n) is 11.8. The van der Waals surface area contributed by atoms with Crippen molar-refractivity contribution in [2.45, 2.75) is 26.3 Å². The Bertz CT molecular complexity index is 586. The number of aryl methyl sites for hydroxylation is 1. The van der Waals surface area contributed by atoms with Gasteiger partial charge in [0.05, 0.1) is 18.8 Å². The summed E-state index contributed by atoms with van der Waals surface area (Å²) >= 11 is 0. The lowest BCUT2D eigenvalue weighted by Crippen LogP contribution is -2.14. The van der Waals surface area contributed by atoms with Crippen molar-refractivity contribution in [3.63, 3.8) is 0 Å². The van der Waals surface area contributed by atoms with Crippen LogP contribution in [0.4, 0.5) is 4.39 Å². The van der Waals surface area contributed by atoms with E-state index in [1.807, 2.05) is 13.0 Å². The van der Waals surface area contributed by atoms with E-state index >= 15 is 0 Å². The Morgan fingerprint density at radius 2 is 2.15 bits per heavy atom. The van der Waals surface area contributed by atoms with Gasteiger partial charge in [0.2, 0.25) is 0 Å². The molecule has 0 amide bonds. The van der Waals surface area contributed by atoms with E-state index in [0.29, 0.717) is 23.5 Å². The van der Waals surface area contributed by atoms with Crippen molar-refractivity contribution in [2.24, 2.45) is 5.73 Å². The molecular weight excluding hydrogens is 255 g/mol. The molecule has 0 radical (unpaired) electrons. The molecule has 1 aromatic heterocycles. The Kier molecular flexibility index (Phi) is 4.69. The van der Waals surface area contributed by atoms with Crippen LogP contribution in [0.2, 0.25) is 0 Å². The number of pyridine rings is 1. The molecule has 1 heterocycles. The summed E-state index contributed by atoms with van der Waals surface area (Å²) < 4.78 is 19.6. The first-order valence-corrected chi connectivity index (χ1v) is 6.71. The average molecular weight is 274 g/mol. The van der Waals surface area contributed by atoms with Crippen LogP contribution in [0.5, 0.6) is 5.75 Å². The third kappa shape index (κ3) is 3.14. The van der Waals surface area contributed by atoms with E-state index < -0.39 is 6.04 Å². The molecule has 0 aliphatic carbocycles. The maximum Gasteiger partial charge on any atom is 0.137 e. The summed E-state index contributed by atoms with van der Waals surface area (Å²) in [5.74, 6) is 0.396. The SMILES string of the molecule is CCCOc1cncc(C(N)c2cccc(C)c2F)c1. The lowest BCUT2D eigenvalue weighted by Gasteiger charge is -2.15. The average Bonchev–Trinajstić information content (AvgIpc) is 2.47. The third-order valence-electron chi connectivity index (χ3n) is 3.12. The zero-order chi connectivity index (χ0) is 14.5. The van der Waals surface area contributed by atoms with Crippen LogP contribution in [0.25, 0.3) is 0 Å². The number of hydrogen-bond acceptors (Lipinski definition) is 3. The summed E-state index contributed by atoms with van der Waals surface area (Å²) in [6, 6.07) is 6.50. The summed E-state index contributed by atoms with van der Waals surface area (Å²) in [5.41, 5.74) is 7.95. The van der Waals surface area contributed by atoms with Gasteiger partial charge in [-0.1, -0.05) is 25.1 Å². The van der Waals surface area contributed by atoms with Crippen molar-refractivity contribution in [1.82, 2.24) is 4.98 Å². The largest absolute Gasteiger partial charge is 0.492 e. The Balaban J connectivity index is 2.28. The standard InChI is InChI=1S/C16H19FN2O/c1-3-7-20-13-8-12(9-19-10-13)16(18)14-6-4-5-11(2)15(14)17/h4-6,8-10,16H,3,7,18H2,1-2H3. The van der Waals surface area contributed by atoms with E-state index in [1.165, 1.54) is 0 Å². The second-order valence-corrected chi connectivity index (χ2v) is 4.76. The van der Waals surface area contributed by atoms with E-state index in [9.17, 15) is 4.39 Å². The fourth-order valence-corrected chi connectivity index (χ4v) is 1.99. The van der Waals surface area contributed by atoms with Gasteiger partial charge in [-0.05, 0) is 30.5 Å². The van der Waals surface area contributed by atoms with Crippen molar-refractivity contribution in [2.75, 3.05) is 6.61 Å². The van der Waals surface area contributed by atoms with E-state index in [0.717, 1.165) is 12.0 Å². The van der Waals surface area contributed by atoms with Crippen molar-refractivity contribution in [3.05, 3.63) is 59.2 Å². The molecule has 0 spiro atoms. The predicted octanol–water partition coefficient (Wildman–Crippen LogP) is 3.37. The third-order valence-corrected chi connectivity index (χ3v) is 3.12. The van der Waals surface area contributed by atoms with Crippen molar-refractivity contribution >= 4 is 0 Å². The van der Waals surface area contributed by atoms with Gasteiger partial charge < -0.3 is 10.5 Å². The molecule has 1 unspecified atom stereocenters. The van der Waals surface area contributed by atoms with Crippen LogP contribution in [-0.2, 0) is 0 Å². The molecule has 0 bridgehead atoms. The van der Waals surface area contributed by atoms with Crippen molar-refractivity contribution < 1.29 is 9.13 Å². The predicted molar refractivity (Wildman–Crippen MR) is 77.2 cm³/mol. The van der Waals surface area contributed by atoms with Crippen LogP contribution in [0.15, 0.2) is 36.7 Å². The van der Waals surface area contributed by atoms with Crippen LogP contribution in [0.1, 0.15) is 36.1 Å². The van der Waals surface area contributed by atoms with Gasteiger partial charge in [-0.25, -0.2) is 4.39 Å². The summed E-state index contributed by atoms with van der Waals surface area (Å²) in [6.07, 6.45) is 4.20. The smallest absolute Gasteiger partial charge is 0.137 e. The summed E-state index contributed by atoms with van der Waals surface area (Å²) in [6.45, 7) is 4.38. The minimum atomic E-state index is -0.549. The van der Waals surface area contributed by atoms with Crippen LogP contribution < -0.4 is 10.5 Å². The van der Waals surface area contributed by atoms with Gasteiger partial charge >= 0.3 is 0 Å². The highest BCUT2D eigenvalue weighted by molar-refractivity contribution is 5.36. The van der Waals surface area contributed by atoms with Crippen LogP contribution >= 0.6 is 0 Å². The Hall–Kier alpha value is -1.94. The van der Waals surface area contributed by atoms with E-state index in [2.05, 4.69) is 4.98 Å². The number of nitrogens with two attached hydrogens (primary N) is 1. The molecule has 0 fully saturated rings. The van der Waals surface area contributed by atoms with E-state index in [-0.39, 0.29) is 5.82 Å². The highest BCUT2D eigenvalue weighted by atomic mass is 19.1. The first-order valence-electron chi connectivity index (χ1n) is 6.71. The number of benzene rings is 1. The Morgan fingerprint density at radius 3 is 2.90 bits per heavy atom. The van der Waals surface area contributed by atoms with Gasteiger partial charge in [0.1, 0.15) is 11.6 Å². The first kappa shape index (κ1) is 14.5. The number of hydrogen-bond donors (Lipinski definition) is 1. The number of ether oxygens (including phenoxy) is 1. The van der Waals surface area contributed by atoms with Crippen molar-refractivity contribution in [3.8, 4) is 5.75 Å². The molecule has 2 aromatic rings. The van der Waals surface area contributed by atoms with Gasteiger partial charge in [-0.2, -0.15) is 0 Å². The molecule has 2 N–H and O–H groups in total. The van der Waals surface area contributed by atoms with Gasteiger partial charge in [-0.3, -0.25) is 4.98 Å². The van der Waals surface area contributed by atoms with Gasteiger partial charge in [0.15, 0.2) is 0 Å². The van der Waals surface area contributed by atoms with Crippen LogP contribution in [-0.4, -0.2) is 11.6 Å². The molecule has 106 valence electrons. The molecule has 0 aliphatic heterocycles. The molecule has 3 nitrogen and oxygen atoms in total. The Labute approximate surface area is 118 Å². The molecule has 0 saturated heterocycles. The molecular formula is C16H19FN2O. The molecule has 4 heteroatoms. The van der Waals surface area contributed by atoms with Gasteiger partial charge in [-0.15, -0.1) is 0 Å². The van der Waals surface area contributed by atoms with Gasteiger partial charge in [0, 0.05) is 11.8 Å². The number of halogens is 1. The normalized spacial score (nSPS) is 12.2. The monoisotopic (exact) mass is 274 g/mol. The molecule has 20 heavy (non-hydrogen) atoms. The van der Waals surface area contributed by atoms with Crippen molar-refractivity contribution in [1.29, 1.82) is 0 Å². The second kappa shape index (κ2) is 6.48. The van der Waals surface area contributed by atoms with Crippen LogP contribution in [0.3, 0.4) is 0 Å². The second-order valence-electron chi connectivity index (χ2n) is 4.76. The minimum absolute atomic E-state index is 0.264. The summed E-state index contributed by atoms with van der Waals surface area (Å²) in [4.78, 5) is 4.11. The summed E-state index contributed by atoms with van der Waals surface area (Å²) in [5, 5.41) is 0. The Morgan fingerprint density at radius 1 is 1.35 bits per heavy atom. The number of rotatable bonds is 5. The molecule has 1 aromatic carbocycles. The molecule has 0 aliphatic rings. The van der Waals surface area contributed by atoms with Gasteiger partial charge in [0.25, 0.3) is 0 Å². The topological polar surface area (TPSA) is 48.1 Å². The fourth-order valence-electron chi connectivity index (χ4n) is 1.99. The highest BCUT2D eigenvalue weighted by Crippen LogP contribution is 2.25. The first-order chi connectivity index (χ1) is 9.63.